The van der Waals surface area contributed by atoms with Gasteiger partial charge in [0.15, 0.2) is 0 Å². The molecule has 1 rings (SSSR count). The Morgan fingerprint density at radius 1 is 1.20 bits per heavy atom. The number of hydrogen-bond acceptors (Lipinski definition) is 1. The molecule has 60 valence electrons. The van der Waals surface area contributed by atoms with Gasteiger partial charge in [-0.1, -0.05) is 12.8 Å². The third-order valence-electron chi connectivity index (χ3n) is 2.90. The molecule has 1 heteroatoms. The number of rotatable bonds is 2. The first-order valence-corrected chi connectivity index (χ1v) is 4.38. The molecule has 1 aliphatic carbocycles. The third kappa shape index (κ3) is 1.72. The molecule has 0 spiro atoms. The largest absolute Gasteiger partial charge is 0.306 e. The van der Waals surface area contributed by atoms with Gasteiger partial charge in [0.25, 0.3) is 0 Å². The molecule has 0 aliphatic heterocycles. The Bertz CT molecular complexity index is 92.9. The lowest BCUT2D eigenvalue weighted by Gasteiger charge is -2.25. The van der Waals surface area contributed by atoms with Crippen molar-refractivity contribution in [2.75, 3.05) is 14.1 Å². The van der Waals surface area contributed by atoms with Crippen LogP contribution in [0.2, 0.25) is 0 Å². The molecular weight excluding hydrogens is 122 g/mol. The summed E-state index contributed by atoms with van der Waals surface area (Å²) in [5.74, 6) is 0.981. The third-order valence-corrected chi connectivity index (χ3v) is 2.90. The van der Waals surface area contributed by atoms with Gasteiger partial charge in [0.05, 0.1) is 0 Å². The Kier molecular flexibility index (Phi) is 2.72. The highest BCUT2D eigenvalue weighted by molar-refractivity contribution is 4.76. The maximum absolute atomic E-state index is 2.34. The summed E-state index contributed by atoms with van der Waals surface area (Å²) < 4.78 is 0. The number of hydrogen-bond donors (Lipinski definition) is 0. The Hall–Kier alpha value is -0.0400. The summed E-state index contributed by atoms with van der Waals surface area (Å²) in [5.41, 5.74) is 0. The zero-order chi connectivity index (χ0) is 7.56. The van der Waals surface area contributed by atoms with E-state index in [1.165, 1.54) is 25.7 Å². The van der Waals surface area contributed by atoms with Crippen LogP contribution in [0.25, 0.3) is 0 Å². The quantitative estimate of drug-likeness (QED) is 0.569. The van der Waals surface area contributed by atoms with Gasteiger partial charge < -0.3 is 4.90 Å². The highest BCUT2D eigenvalue weighted by atomic mass is 15.1. The van der Waals surface area contributed by atoms with Crippen LogP contribution in [0.15, 0.2) is 0 Å². The van der Waals surface area contributed by atoms with E-state index in [9.17, 15) is 0 Å². The van der Waals surface area contributed by atoms with E-state index in [1.807, 2.05) is 0 Å². The molecule has 1 saturated carbocycles. The van der Waals surface area contributed by atoms with E-state index in [2.05, 4.69) is 25.9 Å². The maximum Gasteiger partial charge on any atom is 0.00891 e. The summed E-state index contributed by atoms with van der Waals surface area (Å²) in [6.07, 6.45) is 5.84. The van der Waals surface area contributed by atoms with E-state index in [-0.39, 0.29) is 0 Å². The first-order valence-electron chi connectivity index (χ1n) is 4.38. The van der Waals surface area contributed by atoms with Gasteiger partial charge in [0.1, 0.15) is 0 Å². The molecule has 0 aromatic rings. The van der Waals surface area contributed by atoms with Crippen molar-refractivity contribution in [1.82, 2.24) is 4.90 Å². The fraction of sp³-hybridized carbons (Fsp3) is 1.00. The lowest BCUT2D eigenvalue weighted by molar-refractivity contribution is 0.230. The van der Waals surface area contributed by atoms with E-state index in [1.54, 1.807) is 0 Å². The first-order chi connectivity index (χ1) is 4.72. The van der Waals surface area contributed by atoms with E-state index in [0.717, 1.165) is 12.0 Å². The van der Waals surface area contributed by atoms with Gasteiger partial charge in [-0.2, -0.15) is 0 Å². The SMILES string of the molecule is C[C@@H](C1CCCC1)N(C)C. The zero-order valence-corrected chi connectivity index (χ0v) is 7.43. The lowest BCUT2D eigenvalue weighted by Crippen LogP contribution is -2.30. The van der Waals surface area contributed by atoms with Crippen molar-refractivity contribution in [2.45, 2.75) is 38.6 Å². The molecule has 0 saturated heterocycles. The molecule has 1 atom stereocenters. The van der Waals surface area contributed by atoms with Gasteiger partial charge in [0.2, 0.25) is 0 Å². The predicted octanol–water partition coefficient (Wildman–Crippen LogP) is 2.13. The molecule has 0 unspecified atom stereocenters. The average molecular weight is 141 g/mol. The van der Waals surface area contributed by atoms with Gasteiger partial charge in [-0.3, -0.25) is 0 Å². The van der Waals surface area contributed by atoms with Gasteiger partial charge in [-0.15, -0.1) is 0 Å². The van der Waals surface area contributed by atoms with Gasteiger partial charge in [-0.25, -0.2) is 0 Å². The van der Waals surface area contributed by atoms with Crippen molar-refractivity contribution in [3.8, 4) is 0 Å². The molecule has 0 radical (unpaired) electrons. The summed E-state index contributed by atoms with van der Waals surface area (Å²) in [7, 11) is 4.37. The maximum atomic E-state index is 2.34. The fourth-order valence-electron chi connectivity index (χ4n) is 1.86. The molecule has 1 fully saturated rings. The van der Waals surface area contributed by atoms with Crippen molar-refractivity contribution in [3.63, 3.8) is 0 Å². The van der Waals surface area contributed by atoms with E-state index >= 15 is 0 Å². The van der Waals surface area contributed by atoms with Gasteiger partial charge in [-0.05, 0) is 39.8 Å². The summed E-state index contributed by atoms with van der Waals surface area (Å²) in [5, 5.41) is 0. The molecule has 0 heterocycles. The summed E-state index contributed by atoms with van der Waals surface area (Å²) >= 11 is 0. The van der Waals surface area contributed by atoms with Gasteiger partial charge >= 0.3 is 0 Å². The Morgan fingerprint density at radius 3 is 2.10 bits per heavy atom. The van der Waals surface area contributed by atoms with E-state index in [4.69, 9.17) is 0 Å². The normalized spacial score (nSPS) is 24.0. The topological polar surface area (TPSA) is 3.24 Å². The minimum absolute atomic E-state index is 0.794. The Balaban J connectivity index is 2.32. The second kappa shape index (κ2) is 3.38. The standard InChI is InChI=1S/C9H19N/c1-8(10(2)3)9-6-4-5-7-9/h8-9H,4-7H2,1-3H3/t8-/m0/s1. The van der Waals surface area contributed by atoms with Crippen LogP contribution in [0.5, 0.6) is 0 Å². The molecule has 0 amide bonds. The Morgan fingerprint density at radius 2 is 1.70 bits per heavy atom. The minimum atomic E-state index is 0.794. The molecular formula is C9H19N. The fourth-order valence-corrected chi connectivity index (χ4v) is 1.86. The number of nitrogens with zero attached hydrogens (tertiary/aromatic N) is 1. The van der Waals surface area contributed by atoms with Crippen LogP contribution in [-0.4, -0.2) is 25.0 Å². The van der Waals surface area contributed by atoms with Crippen LogP contribution < -0.4 is 0 Å². The highest BCUT2D eigenvalue weighted by Crippen LogP contribution is 2.28. The van der Waals surface area contributed by atoms with Crippen molar-refractivity contribution in [1.29, 1.82) is 0 Å². The second-order valence-electron chi connectivity index (χ2n) is 3.75. The Labute approximate surface area is 64.4 Å². The van der Waals surface area contributed by atoms with Crippen LogP contribution >= 0.6 is 0 Å². The van der Waals surface area contributed by atoms with Crippen molar-refractivity contribution in [2.24, 2.45) is 5.92 Å². The smallest absolute Gasteiger partial charge is 0.00891 e. The molecule has 10 heavy (non-hydrogen) atoms. The second-order valence-corrected chi connectivity index (χ2v) is 3.75. The van der Waals surface area contributed by atoms with Crippen LogP contribution in [0.4, 0.5) is 0 Å². The first kappa shape index (κ1) is 8.06. The van der Waals surface area contributed by atoms with Crippen LogP contribution in [-0.2, 0) is 0 Å². The average Bonchev–Trinajstić information content (AvgIpc) is 2.36. The zero-order valence-electron chi connectivity index (χ0n) is 7.43. The molecule has 0 aromatic heterocycles. The molecule has 0 bridgehead atoms. The summed E-state index contributed by atoms with van der Waals surface area (Å²) in [6.45, 7) is 2.34. The van der Waals surface area contributed by atoms with Crippen LogP contribution in [0.3, 0.4) is 0 Å². The molecule has 0 N–H and O–H groups in total. The summed E-state index contributed by atoms with van der Waals surface area (Å²) in [4.78, 5) is 2.34. The van der Waals surface area contributed by atoms with E-state index < -0.39 is 0 Å². The molecule has 1 nitrogen and oxygen atoms in total. The molecule has 0 aromatic carbocycles. The van der Waals surface area contributed by atoms with Crippen LogP contribution in [0.1, 0.15) is 32.6 Å². The van der Waals surface area contributed by atoms with E-state index in [0.29, 0.717) is 0 Å². The lowest BCUT2D eigenvalue weighted by atomic mass is 9.99. The van der Waals surface area contributed by atoms with Crippen molar-refractivity contribution >= 4 is 0 Å². The molecule has 1 aliphatic rings. The van der Waals surface area contributed by atoms with Gasteiger partial charge in [0, 0.05) is 6.04 Å². The van der Waals surface area contributed by atoms with Crippen molar-refractivity contribution < 1.29 is 0 Å². The monoisotopic (exact) mass is 141 g/mol. The minimum Gasteiger partial charge on any atom is -0.306 e. The highest BCUT2D eigenvalue weighted by Gasteiger charge is 2.22. The summed E-state index contributed by atoms with van der Waals surface area (Å²) in [6, 6.07) is 0.794. The van der Waals surface area contributed by atoms with Crippen molar-refractivity contribution in [3.05, 3.63) is 0 Å². The van der Waals surface area contributed by atoms with Crippen LogP contribution in [0, 0.1) is 5.92 Å². The predicted molar refractivity (Wildman–Crippen MR) is 45.1 cm³/mol.